The summed E-state index contributed by atoms with van der Waals surface area (Å²) in [5.74, 6) is 1.01. The van der Waals surface area contributed by atoms with Gasteiger partial charge in [-0.3, -0.25) is 10.1 Å². The first-order valence-electron chi connectivity index (χ1n) is 8.08. The lowest BCUT2D eigenvalue weighted by Crippen LogP contribution is -1.99. The highest BCUT2D eigenvalue weighted by atomic mass is 16.6. The third kappa shape index (κ3) is 3.52. The monoisotopic (exact) mass is 360 g/mol. The molecule has 0 fully saturated rings. The molecule has 0 aliphatic carbocycles. The predicted molar refractivity (Wildman–Crippen MR) is 103 cm³/mol. The average Bonchev–Trinajstić information content (AvgIpc) is 3.07. The summed E-state index contributed by atoms with van der Waals surface area (Å²) in [6.45, 7) is 0. The summed E-state index contributed by atoms with van der Waals surface area (Å²) in [7, 11) is 3.39. The number of aromatic nitrogens is 3. The summed E-state index contributed by atoms with van der Waals surface area (Å²) in [6, 6.07) is 16.3. The second kappa shape index (κ2) is 7.49. The Kier molecular flexibility index (Phi) is 4.95. The van der Waals surface area contributed by atoms with E-state index in [1.165, 1.54) is 6.07 Å². The third-order valence-electron chi connectivity index (χ3n) is 4.07. The summed E-state index contributed by atoms with van der Waals surface area (Å²) in [4.78, 5) is 10.8. The van der Waals surface area contributed by atoms with Crippen LogP contribution in [0.5, 0.6) is 0 Å². The second-order valence-corrected chi connectivity index (χ2v) is 5.73. The van der Waals surface area contributed by atoms with Crippen LogP contribution in [0.4, 0.5) is 11.4 Å². The number of nitro groups is 1. The van der Waals surface area contributed by atoms with Crippen LogP contribution >= 0.6 is 0 Å². The van der Waals surface area contributed by atoms with Crippen molar-refractivity contribution in [2.45, 2.75) is 0 Å². The second-order valence-electron chi connectivity index (χ2n) is 5.73. The maximum Gasteiger partial charge on any atom is 0.292 e. The summed E-state index contributed by atoms with van der Waals surface area (Å²) >= 11 is 0. The van der Waals surface area contributed by atoms with Crippen molar-refractivity contribution in [3.63, 3.8) is 0 Å². The van der Waals surface area contributed by atoms with Crippen LogP contribution < -0.4 is 5.32 Å². The zero-order valence-electron chi connectivity index (χ0n) is 14.7. The van der Waals surface area contributed by atoms with Crippen molar-refractivity contribution in [3.05, 3.63) is 70.0 Å². The maximum atomic E-state index is 11.2. The largest absolute Gasteiger partial charge is 0.383 e. The fourth-order valence-corrected chi connectivity index (χ4v) is 2.72. The van der Waals surface area contributed by atoms with E-state index in [0.717, 1.165) is 5.56 Å². The molecule has 1 heterocycles. The van der Waals surface area contributed by atoms with Crippen LogP contribution in [0, 0.1) is 21.4 Å². The van der Waals surface area contributed by atoms with E-state index < -0.39 is 4.92 Å². The van der Waals surface area contributed by atoms with Crippen LogP contribution in [0.3, 0.4) is 0 Å². The average molecular weight is 360 g/mol. The van der Waals surface area contributed by atoms with Gasteiger partial charge < -0.3 is 9.88 Å². The van der Waals surface area contributed by atoms with E-state index in [0.29, 0.717) is 22.9 Å². The third-order valence-corrected chi connectivity index (χ3v) is 4.07. The number of allylic oxidation sites excluding steroid dienone is 1. The molecule has 1 N–H and O–H groups in total. The number of nitriles is 1. The fourth-order valence-electron chi connectivity index (χ4n) is 2.72. The fraction of sp³-hybridized carbons (Fsp3) is 0.105. The molecule has 0 spiro atoms. The van der Waals surface area contributed by atoms with Crippen molar-refractivity contribution in [2.75, 3.05) is 12.4 Å². The number of benzene rings is 2. The van der Waals surface area contributed by atoms with Crippen LogP contribution in [0.1, 0.15) is 11.4 Å². The van der Waals surface area contributed by atoms with Crippen molar-refractivity contribution < 1.29 is 4.92 Å². The quantitative estimate of drug-likeness (QED) is 0.424. The van der Waals surface area contributed by atoms with Crippen molar-refractivity contribution in [1.29, 1.82) is 5.26 Å². The number of hydrogen-bond acceptors (Lipinski definition) is 6. The first kappa shape index (κ1) is 17.8. The Morgan fingerprint density at radius 3 is 2.63 bits per heavy atom. The Labute approximate surface area is 155 Å². The van der Waals surface area contributed by atoms with E-state index in [1.54, 1.807) is 36.9 Å². The van der Waals surface area contributed by atoms with Gasteiger partial charge in [-0.2, -0.15) is 5.26 Å². The molecule has 0 aliphatic heterocycles. The summed E-state index contributed by atoms with van der Waals surface area (Å²) in [5, 5.41) is 31.9. The molecule has 0 amide bonds. The highest BCUT2D eigenvalue weighted by molar-refractivity contribution is 5.88. The van der Waals surface area contributed by atoms with E-state index in [-0.39, 0.29) is 11.3 Å². The van der Waals surface area contributed by atoms with Gasteiger partial charge in [-0.05, 0) is 17.7 Å². The van der Waals surface area contributed by atoms with Crippen LogP contribution in [0.15, 0.2) is 48.5 Å². The van der Waals surface area contributed by atoms with Crippen LogP contribution in [0.25, 0.3) is 23.0 Å². The first-order valence-corrected chi connectivity index (χ1v) is 8.08. The number of nitro benzene ring substituents is 1. The highest BCUT2D eigenvalue weighted by Gasteiger charge is 2.16. The van der Waals surface area contributed by atoms with Crippen molar-refractivity contribution >= 4 is 23.0 Å². The molecule has 0 atom stereocenters. The number of rotatable bonds is 5. The highest BCUT2D eigenvalue weighted by Crippen LogP contribution is 2.27. The molecule has 0 saturated carbocycles. The zero-order chi connectivity index (χ0) is 19.4. The Morgan fingerprint density at radius 2 is 2.00 bits per heavy atom. The number of anilines is 1. The molecular weight excluding hydrogens is 344 g/mol. The van der Waals surface area contributed by atoms with Gasteiger partial charge in [0, 0.05) is 25.7 Å². The van der Waals surface area contributed by atoms with Crippen molar-refractivity contribution in [2.24, 2.45) is 7.05 Å². The number of hydrogen-bond donors (Lipinski definition) is 1. The molecule has 1 aromatic heterocycles. The summed E-state index contributed by atoms with van der Waals surface area (Å²) in [5.41, 5.74) is 2.01. The minimum absolute atomic E-state index is 0.0634. The van der Waals surface area contributed by atoms with Gasteiger partial charge in [0.15, 0.2) is 11.6 Å². The normalized spacial score (nSPS) is 11.1. The molecule has 3 aromatic rings. The standard InChI is InChI=1S/C19H16N6O2/c1-21-16-9-8-13(11-17(16)25(26)27)10-15(12-20)19-23-22-18(24(19)2)14-6-4-3-5-7-14/h3-11,21H,1-2H3. The minimum atomic E-state index is -0.467. The van der Waals surface area contributed by atoms with Gasteiger partial charge in [0.25, 0.3) is 5.69 Å². The van der Waals surface area contributed by atoms with E-state index in [9.17, 15) is 15.4 Å². The molecule has 8 heteroatoms. The molecular formula is C19H16N6O2. The van der Waals surface area contributed by atoms with E-state index >= 15 is 0 Å². The smallest absolute Gasteiger partial charge is 0.292 e. The van der Waals surface area contributed by atoms with Gasteiger partial charge in [-0.25, -0.2) is 0 Å². The summed E-state index contributed by atoms with van der Waals surface area (Å²) in [6.07, 6.45) is 1.56. The van der Waals surface area contributed by atoms with Gasteiger partial charge in [-0.1, -0.05) is 36.4 Å². The summed E-state index contributed by atoms with van der Waals surface area (Å²) < 4.78 is 1.72. The molecule has 3 rings (SSSR count). The molecule has 27 heavy (non-hydrogen) atoms. The Hall–Kier alpha value is -3.99. The Morgan fingerprint density at radius 1 is 1.26 bits per heavy atom. The molecule has 134 valence electrons. The van der Waals surface area contributed by atoms with Crippen molar-refractivity contribution in [3.8, 4) is 17.5 Å². The van der Waals surface area contributed by atoms with Crippen LogP contribution in [0.2, 0.25) is 0 Å². The molecule has 0 aliphatic rings. The van der Waals surface area contributed by atoms with E-state index in [4.69, 9.17) is 0 Å². The van der Waals surface area contributed by atoms with Gasteiger partial charge >= 0.3 is 0 Å². The van der Waals surface area contributed by atoms with Gasteiger partial charge in [0.1, 0.15) is 11.8 Å². The Bertz CT molecular complexity index is 1060. The topological polar surface area (TPSA) is 110 Å². The molecule has 0 bridgehead atoms. The van der Waals surface area contributed by atoms with Gasteiger partial charge in [0.05, 0.1) is 10.5 Å². The minimum Gasteiger partial charge on any atom is -0.383 e. The van der Waals surface area contributed by atoms with E-state index in [1.807, 2.05) is 30.3 Å². The lowest BCUT2D eigenvalue weighted by molar-refractivity contribution is -0.383. The molecule has 0 radical (unpaired) electrons. The molecule has 0 saturated heterocycles. The SMILES string of the molecule is CNc1ccc(C=C(C#N)c2nnc(-c3ccccc3)n2C)cc1[N+](=O)[O-]. The first-order chi connectivity index (χ1) is 13.0. The lowest BCUT2D eigenvalue weighted by atomic mass is 10.1. The molecule has 8 nitrogen and oxygen atoms in total. The lowest BCUT2D eigenvalue weighted by Gasteiger charge is -2.05. The van der Waals surface area contributed by atoms with Crippen molar-refractivity contribution in [1.82, 2.24) is 14.8 Å². The number of nitrogens with zero attached hydrogens (tertiary/aromatic N) is 5. The maximum absolute atomic E-state index is 11.2. The zero-order valence-corrected chi connectivity index (χ0v) is 14.7. The van der Waals surface area contributed by atoms with Crippen LogP contribution in [-0.4, -0.2) is 26.7 Å². The Balaban J connectivity index is 2.04. The van der Waals surface area contributed by atoms with E-state index in [2.05, 4.69) is 21.6 Å². The van der Waals surface area contributed by atoms with Gasteiger partial charge in [-0.15, -0.1) is 10.2 Å². The molecule has 0 unspecified atom stereocenters. The predicted octanol–water partition coefficient (Wildman–Crippen LogP) is 3.50. The molecule has 2 aromatic carbocycles. The van der Waals surface area contributed by atoms with Gasteiger partial charge in [0.2, 0.25) is 0 Å². The number of nitrogens with one attached hydrogen (secondary N) is 1. The van der Waals surface area contributed by atoms with Crippen LogP contribution in [-0.2, 0) is 7.05 Å².